The second-order valence-electron chi connectivity index (χ2n) is 0.770. The Morgan fingerprint density at radius 3 is 2.50 bits per heavy atom. The molecule has 0 aromatic carbocycles. The van der Waals surface area contributed by atoms with Crippen LogP contribution in [-0.2, 0) is 4.79 Å². The normalized spacial score (nSPS) is 7.67. The smallest absolute Gasteiger partial charge is 0.277 e. The standard InChI is InChI=1S/C3H5INO/c1-2-5(4)3-6/h2H2,1H3. The summed E-state index contributed by atoms with van der Waals surface area (Å²) in [4.78, 5) is 9.53. The van der Waals surface area contributed by atoms with E-state index in [1.807, 2.05) is 29.8 Å². The molecule has 0 aromatic rings. The lowest BCUT2D eigenvalue weighted by molar-refractivity contribution is 0.520. The summed E-state index contributed by atoms with van der Waals surface area (Å²) < 4.78 is 1.41. The van der Waals surface area contributed by atoms with Gasteiger partial charge >= 0.3 is 6.41 Å². The van der Waals surface area contributed by atoms with Gasteiger partial charge in [0.1, 0.15) is 0 Å². The van der Waals surface area contributed by atoms with Crippen molar-refractivity contribution in [2.45, 2.75) is 6.92 Å². The molecule has 0 atom stereocenters. The predicted molar refractivity (Wildman–Crippen MR) is 32.1 cm³/mol. The van der Waals surface area contributed by atoms with Gasteiger partial charge in [-0.3, -0.25) is 7.91 Å². The maximum absolute atomic E-state index is 9.53. The fourth-order valence-electron chi connectivity index (χ4n) is 0.0645. The molecule has 1 amide bonds. The Bertz CT molecular complexity index is 48.1. The first-order valence-corrected chi connectivity index (χ1v) is 2.58. The molecule has 0 saturated carbocycles. The van der Waals surface area contributed by atoms with Gasteiger partial charge in [-0.25, -0.2) is 0 Å². The summed E-state index contributed by atoms with van der Waals surface area (Å²) in [6.45, 7) is 2.61. The van der Waals surface area contributed by atoms with Crippen LogP contribution in [0.25, 0.3) is 0 Å². The minimum Gasteiger partial charge on any atom is -0.277 e. The first-order valence-electron chi connectivity index (χ1n) is 1.62. The van der Waals surface area contributed by atoms with E-state index in [0.717, 1.165) is 6.54 Å². The van der Waals surface area contributed by atoms with Crippen LogP contribution in [-0.4, -0.2) is 16.1 Å². The van der Waals surface area contributed by atoms with Crippen molar-refractivity contribution >= 4 is 29.3 Å². The molecular weight excluding hydrogens is 193 g/mol. The Kier molecular flexibility index (Phi) is 3.51. The number of rotatable bonds is 2. The molecule has 35 valence electrons. The number of halogens is 1. The summed E-state index contributed by atoms with van der Waals surface area (Å²) in [5.41, 5.74) is 0. The number of carbonyl (C=O) groups excluding carboxylic acids is 1. The molecule has 0 N–H and O–H groups in total. The summed E-state index contributed by atoms with van der Waals surface area (Å²) in [6.07, 6.45) is 1.68. The van der Waals surface area contributed by atoms with Gasteiger partial charge in [-0.15, -0.1) is 0 Å². The summed E-state index contributed by atoms with van der Waals surface area (Å²) in [7, 11) is 0. The molecule has 1 radical (unpaired) electrons. The van der Waals surface area contributed by atoms with E-state index in [4.69, 9.17) is 0 Å². The highest BCUT2D eigenvalue weighted by Crippen LogP contribution is 1.88. The molecule has 0 aliphatic rings. The van der Waals surface area contributed by atoms with E-state index in [2.05, 4.69) is 0 Å². The molecule has 6 heavy (non-hydrogen) atoms. The zero-order valence-electron chi connectivity index (χ0n) is 3.44. The third-order valence-electron chi connectivity index (χ3n) is 0.377. The summed E-state index contributed by atoms with van der Waals surface area (Å²) >= 11 is 1.88. The maximum Gasteiger partial charge on any atom is 0.321 e. The molecule has 0 aliphatic carbocycles. The lowest BCUT2D eigenvalue weighted by Crippen LogP contribution is -2.04. The van der Waals surface area contributed by atoms with Crippen LogP contribution in [0, 0.1) is 0 Å². The highest BCUT2D eigenvalue weighted by molar-refractivity contribution is 14.1. The van der Waals surface area contributed by atoms with Gasteiger partial charge in [0.2, 0.25) is 0 Å². The second-order valence-corrected chi connectivity index (χ2v) is 1.93. The van der Waals surface area contributed by atoms with Crippen molar-refractivity contribution in [1.82, 2.24) is 3.11 Å². The Morgan fingerprint density at radius 1 is 2.00 bits per heavy atom. The fraction of sp³-hybridized carbons (Fsp3) is 0.667. The molecule has 0 saturated heterocycles. The fourth-order valence-corrected chi connectivity index (χ4v) is 0.0645. The van der Waals surface area contributed by atoms with Gasteiger partial charge in [0, 0.05) is 6.54 Å². The Labute approximate surface area is 51.0 Å². The van der Waals surface area contributed by atoms with E-state index in [1.54, 1.807) is 6.41 Å². The van der Waals surface area contributed by atoms with Crippen LogP contribution in [0.4, 0.5) is 0 Å². The van der Waals surface area contributed by atoms with Crippen LogP contribution in [0.3, 0.4) is 0 Å². The van der Waals surface area contributed by atoms with E-state index >= 15 is 0 Å². The Balaban J connectivity index is 2.96. The zero-order valence-corrected chi connectivity index (χ0v) is 5.60. The van der Waals surface area contributed by atoms with Crippen LogP contribution in [0.15, 0.2) is 0 Å². The monoisotopic (exact) mass is 198 g/mol. The maximum atomic E-state index is 9.53. The van der Waals surface area contributed by atoms with Gasteiger partial charge in [0.05, 0.1) is 22.9 Å². The van der Waals surface area contributed by atoms with Crippen LogP contribution < -0.4 is 0 Å². The molecule has 0 fully saturated rings. The van der Waals surface area contributed by atoms with Gasteiger partial charge in [-0.2, -0.15) is 0 Å². The first-order chi connectivity index (χ1) is 2.81. The predicted octanol–water partition coefficient (Wildman–Crippen LogP) is 0.726. The average Bonchev–Trinajstić information content (AvgIpc) is 1.65. The van der Waals surface area contributed by atoms with Crippen LogP contribution in [0.1, 0.15) is 6.92 Å². The lowest BCUT2D eigenvalue weighted by Gasteiger charge is -1.96. The molecule has 0 aromatic heterocycles. The number of hydrogen-bond donors (Lipinski definition) is 0. The van der Waals surface area contributed by atoms with Crippen molar-refractivity contribution < 1.29 is 4.79 Å². The topological polar surface area (TPSA) is 20.3 Å². The third kappa shape index (κ3) is 2.44. The first kappa shape index (κ1) is 6.20. The van der Waals surface area contributed by atoms with E-state index in [1.165, 1.54) is 3.11 Å². The molecule has 0 aliphatic heterocycles. The number of nitrogens with zero attached hydrogens (tertiary/aromatic N) is 1. The molecule has 0 bridgehead atoms. The van der Waals surface area contributed by atoms with Gasteiger partial charge < -0.3 is 0 Å². The van der Waals surface area contributed by atoms with Crippen molar-refractivity contribution in [2.24, 2.45) is 0 Å². The van der Waals surface area contributed by atoms with Gasteiger partial charge in [-0.05, 0) is 6.92 Å². The van der Waals surface area contributed by atoms with E-state index in [0.29, 0.717) is 0 Å². The Hall–Kier alpha value is 0.200. The SMILES string of the molecule is CCN(I)[C]=O. The van der Waals surface area contributed by atoms with E-state index < -0.39 is 0 Å². The lowest BCUT2D eigenvalue weighted by atomic mass is 10.8. The molecule has 0 rings (SSSR count). The van der Waals surface area contributed by atoms with Crippen molar-refractivity contribution in [2.75, 3.05) is 6.54 Å². The van der Waals surface area contributed by atoms with Crippen molar-refractivity contribution in [1.29, 1.82) is 0 Å². The summed E-state index contributed by atoms with van der Waals surface area (Å²) in [6, 6.07) is 0. The zero-order chi connectivity index (χ0) is 4.99. The largest absolute Gasteiger partial charge is 0.321 e. The van der Waals surface area contributed by atoms with Crippen LogP contribution in [0.2, 0.25) is 0 Å². The van der Waals surface area contributed by atoms with Gasteiger partial charge in [0.15, 0.2) is 0 Å². The average molecular weight is 198 g/mol. The number of amides is 1. The van der Waals surface area contributed by atoms with Gasteiger partial charge in [0.25, 0.3) is 0 Å². The van der Waals surface area contributed by atoms with Gasteiger partial charge in [-0.1, -0.05) is 0 Å². The number of hydrogen-bond acceptors (Lipinski definition) is 1. The van der Waals surface area contributed by atoms with Crippen molar-refractivity contribution in [3.8, 4) is 0 Å². The summed E-state index contributed by atoms with van der Waals surface area (Å²) in [5, 5.41) is 0. The molecule has 0 heterocycles. The minimum atomic E-state index is 0.726. The Morgan fingerprint density at radius 2 is 2.50 bits per heavy atom. The van der Waals surface area contributed by atoms with Crippen molar-refractivity contribution in [3.63, 3.8) is 0 Å². The van der Waals surface area contributed by atoms with Crippen LogP contribution >= 0.6 is 22.9 Å². The van der Waals surface area contributed by atoms with Crippen LogP contribution in [0.5, 0.6) is 0 Å². The molecule has 3 heteroatoms. The highest BCUT2D eigenvalue weighted by atomic mass is 127. The van der Waals surface area contributed by atoms with E-state index in [-0.39, 0.29) is 0 Å². The summed E-state index contributed by atoms with van der Waals surface area (Å²) in [5.74, 6) is 0. The van der Waals surface area contributed by atoms with Crippen molar-refractivity contribution in [3.05, 3.63) is 0 Å². The molecule has 2 nitrogen and oxygen atoms in total. The second kappa shape index (κ2) is 3.39. The quantitative estimate of drug-likeness (QED) is 0.363. The third-order valence-corrected chi connectivity index (χ3v) is 1.26. The molecular formula is C3H5INO. The van der Waals surface area contributed by atoms with E-state index in [9.17, 15) is 4.79 Å². The molecule has 0 spiro atoms. The highest BCUT2D eigenvalue weighted by Gasteiger charge is 1.84. The molecule has 0 unspecified atom stereocenters. The minimum absolute atomic E-state index is 0.726.